The predicted molar refractivity (Wildman–Crippen MR) is 93.5 cm³/mol. The van der Waals surface area contributed by atoms with Gasteiger partial charge in [-0.05, 0) is 33.3 Å². The van der Waals surface area contributed by atoms with Gasteiger partial charge in [0, 0.05) is 17.3 Å². The lowest BCUT2D eigenvalue weighted by atomic mass is 10.1. The Kier molecular flexibility index (Phi) is 5.93. The van der Waals surface area contributed by atoms with Crippen LogP contribution in [0.1, 0.15) is 47.6 Å². The number of carbonyl (C=O) groups is 2. The average Bonchev–Trinajstić information content (AvgIpc) is 2.97. The zero-order valence-corrected chi connectivity index (χ0v) is 15.2. The smallest absolute Gasteiger partial charge is 0.239 e. The SMILES string of the molecule is CCC(Sc1nc(C)c(C(C)=O)cc1C#N)C(=O)Nc1cc(C)on1. The zero-order chi connectivity index (χ0) is 18.6. The second-order valence-electron chi connectivity index (χ2n) is 5.47. The third-order valence-corrected chi connectivity index (χ3v) is 4.84. The summed E-state index contributed by atoms with van der Waals surface area (Å²) in [5, 5.41) is 15.7. The number of hydrogen-bond donors (Lipinski definition) is 1. The molecular formula is C17H18N4O3S. The molecule has 0 fully saturated rings. The Bertz CT molecular complexity index is 854. The van der Waals surface area contributed by atoms with Gasteiger partial charge in [0.2, 0.25) is 5.91 Å². The summed E-state index contributed by atoms with van der Waals surface area (Å²) in [5.74, 6) is 0.544. The van der Waals surface area contributed by atoms with Crippen molar-refractivity contribution in [1.82, 2.24) is 10.1 Å². The third kappa shape index (κ3) is 4.45. The molecule has 1 N–H and O–H groups in total. The molecule has 25 heavy (non-hydrogen) atoms. The topological polar surface area (TPSA) is 109 Å². The maximum absolute atomic E-state index is 12.4. The van der Waals surface area contributed by atoms with Crippen molar-refractivity contribution < 1.29 is 14.1 Å². The normalized spacial score (nSPS) is 11.6. The Morgan fingerprint density at radius 1 is 1.40 bits per heavy atom. The lowest BCUT2D eigenvalue weighted by Gasteiger charge is -2.14. The molecule has 0 bridgehead atoms. The molecule has 8 heteroatoms. The summed E-state index contributed by atoms with van der Waals surface area (Å²) < 4.78 is 4.93. The fourth-order valence-electron chi connectivity index (χ4n) is 2.20. The number of nitrogens with zero attached hydrogens (tertiary/aromatic N) is 3. The standard InChI is InChI=1S/C17H18N4O3S/c1-5-14(16(23)20-15-6-9(2)24-21-15)25-17-12(8-18)7-13(11(4)22)10(3)19-17/h6-7,14H,5H2,1-4H3,(H,20,21,23). The first-order valence-corrected chi connectivity index (χ1v) is 8.57. The Labute approximate surface area is 149 Å². The first-order valence-electron chi connectivity index (χ1n) is 7.69. The van der Waals surface area contributed by atoms with Crippen LogP contribution in [-0.2, 0) is 4.79 Å². The van der Waals surface area contributed by atoms with Crippen molar-refractivity contribution >= 4 is 29.3 Å². The van der Waals surface area contributed by atoms with E-state index in [4.69, 9.17) is 4.52 Å². The summed E-state index contributed by atoms with van der Waals surface area (Å²) in [6.07, 6.45) is 0.535. The number of nitrogens with one attached hydrogen (secondary N) is 1. The zero-order valence-electron chi connectivity index (χ0n) is 14.4. The number of nitriles is 1. The summed E-state index contributed by atoms with van der Waals surface area (Å²) in [6.45, 7) is 6.74. The highest BCUT2D eigenvalue weighted by Gasteiger charge is 2.22. The van der Waals surface area contributed by atoms with Crippen LogP contribution in [0, 0.1) is 25.2 Å². The highest BCUT2D eigenvalue weighted by molar-refractivity contribution is 8.00. The summed E-state index contributed by atoms with van der Waals surface area (Å²) in [5.41, 5.74) is 1.23. The number of Topliss-reactive ketones (excluding diaryl/α,β-unsaturated/α-hetero) is 1. The molecule has 2 aromatic heterocycles. The van der Waals surface area contributed by atoms with Crippen LogP contribution in [-0.4, -0.2) is 27.1 Å². The Morgan fingerprint density at radius 3 is 2.64 bits per heavy atom. The molecule has 1 atom stereocenters. The molecule has 0 aliphatic carbocycles. The summed E-state index contributed by atoms with van der Waals surface area (Å²) in [7, 11) is 0. The van der Waals surface area contributed by atoms with Gasteiger partial charge in [-0.3, -0.25) is 9.59 Å². The first-order chi connectivity index (χ1) is 11.8. The van der Waals surface area contributed by atoms with Gasteiger partial charge in [0.25, 0.3) is 0 Å². The third-order valence-electron chi connectivity index (χ3n) is 3.47. The van der Waals surface area contributed by atoms with Crippen LogP contribution in [0.5, 0.6) is 0 Å². The average molecular weight is 358 g/mol. The number of hydrogen-bond acceptors (Lipinski definition) is 7. The Hall–Kier alpha value is -2.66. The van der Waals surface area contributed by atoms with Crippen LogP contribution >= 0.6 is 11.8 Å². The highest BCUT2D eigenvalue weighted by Crippen LogP contribution is 2.29. The van der Waals surface area contributed by atoms with Gasteiger partial charge in [0.1, 0.15) is 16.9 Å². The molecule has 0 spiro atoms. The van der Waals surface area contributed by atoms with Gasteiger partial charge in [-0.15, -0.1) is 0 Å². The molecule has 0 aliphatic rings. The van der Waals surface area contributed by atoms with Gasteiger partial charge in [-0.1, -0.05) is 23.8 Å². The Balaban J connectivity index is 2.23. The molecule has 0 saturated heterocycles. The Morgan fingerprint density at radius 2 is 2.12 bits per heavy atom. The van der Waals surface area contributed by atoms with Gasteiger partial charge in [-0.25, -0.2) is 4.98 Å². The van der Waals surface area contributed by atoms with Crippen molar-refractivity contribution in [2.24, 2.45) is 0 Å². The molecule has 0 aliphatic heterocycles. The van der Waals surface area contributed by atoms with Gasteiger partial charge < -0.3 is 9.84 Å². The minimum Gasteiger partial charge on any atom is -0.360 e. The maximum atomic E-state index is 12.4. The van der Waals surface area contributed by atoms with E-state index >= 15 is 0 Å². The van der Waals surface area contributed by atoms with Gasteiger partial charge >= 0.3 is 0 Å². The van der Waals surface area contributed by atoms with E-state index in [1.54, 1.807) is 19.9 Å². The number of rotatable bonds is 6. The molecule has 2 heterocycles. The second-order valence-corrected chi connectivity index (χ2v) is 6.66. The minimum atomic E-state index is -0.459. The predicted octanol–water partition coefficient (Wildman–Crippen LogP) is 3.27. The van der Waals surface area contributed by atoms with Crippen LogP contribution in [0.2, 0.25) is 0 Å². The van der Waals surface area contributed by atoms with Crippen LogP contribution in [0.4, 0.5) is 5.82 Å². The van der Waals surface area contributed by atoms with E-state index in [0.29, 0.717) is 34.3 Å². The lowest BCUT2D eigenvalue weighted by molar-refractivity contribution is -0.115. The highest BCUT2D eigenvalue weighted by atomic mass is 32.2. The molecule has 1 amide bonds. The van der Waals surface area contributed by atoms with Gasteiger partial charge in [0.05, 0.1) is 10.8 Å². The van der Waals surface area contributed by atoms with Crippen molar-refractivity contribution in [3.05, 3.63) is 34.7 Å². The fraction of sp³-hybridized carbons (Fsp3) is 0.353. The summed E-state index contributed by atoms with van der Waals surface area (Å²) >= 11 is 1.19. The van der Waals surface area contributed by atoms with Crippen LogP contribution < -0.4 is 5.32 Å². The molecule has 2 aromatic rings. The van der Waals surface area contributed by atoms with Crippen LogP contribution in [0.15, 0.2) is 21.7 Å². The van der Waals surface area contributed by atoms with E-state index in [-0.39, 0.29) is 17.3 Å². The first kappa shape index (κ1) is 18.7. The molecule has 0 radical (unpaired) electrons. The van der Waals surface area contributed by atoms with Gasteiger partial charge in [0.15, 0.2) is 11.6 Å². The second kappa shape index (κ2) is 7.94. The number of aromatic nitrogens is 2. The number of amides is 1. The summed E-state index contributed by atoms with van der Waals surface area (Å²) in [6, 6.07) is 5.20. The van der Waals surface area contributed by atoms with E-state index in [0.717, 1.165) is 0 Å². The molecular weight excluding hydrogens is 340 g/mol. The number of thioether (sulfide) groups is 1. The van der Waals surface area contributed by atoms with E-state index in [1.807, 2.05) is 13.0 Å². The number of carbonyl (C=O) groups excluding carboxylic acids is 2. The number of aryl methyl sites for hydroxylation is 2. The van der Waals surface area contributed by atoms with Crippen molar-refractivity contribution in [1.29, 1.82) is 5.26 Å². The molecule has 0 aromatic carbocycles. The number of pyridine rings is 1. The van der Waals surface area contributed by atoms with Crippen molar-refractivity contribution in [3.8, 4) is 6.07 Å². The fourth-order valence-corrected chi connectivity index (χ4v) is 3.22. The quantitative estimate of drug-likeness (QED) is 0.623. The van der Waals surface area contributed by atoms with Crippen molar-refractivity contribution in [3.63, 3.8) is 0 Å². The van der Waals surface area contributed by atoms with E-state index < -0.39 is 5.25 Å². The molecule has 0 saturated carbocycles. The monoisotopic (exact) mass is 358 g/mol. The van der Waals surface area contributed by atoms with Crippen LogP contribution in [0.3, 0.4) is 0 Å². The van der Waals surface area contributed by atoms with Crippen LogP contribution in [0.25, 0.3) is 0 Å². The van der Waals surface area contributed by atoms with E-state index in [9.17, 15) is 14.9 Å². The largest absolute Gasteiger partial charge is 0.360 e. The number of ketones is 1. The molecule has 7 nitrogen and oxygen atoms in total. The van der Waals surface area contributed by atoms with E-state index in [1.165, 1.54) is 24.8 Å². The van der Waals surface area contributed by atoms with Crippen molar-refractivity contribution in [2.45, 2.75) is 44.4 Å². The lowest BCUT2D eigenvalue weighted by Crippen LogP contribution is -2.25. The van der Waals surface area contributed by atoms with Gasteiger partial charge in [-0.2, -0.15) is 5.26 Å². The molecule has 1 unspecified atom stereocenters. The van der Waals surface area contributed by atoms with Crippen molar-refractivity contribution in [2.75, 3.05) is 5.32 Å². The summed E-state index contributed by atoms with van der Waals surface area (Å²) in [4.78, 5) is 28.4. The maximum Gasteiger partial charge on any atom is 0.239 e. The minimum absolute atomic E-state index is 0.149. The number of anilines is 1. The van der Waals surface area contributed by atoms with E-state index in [2.05, 4.69) is 15.5 Å². The molecule has 2 rings (SSSR count). The molecule has 130 valence electrons.